The third-order valence-electron chi connectivity index (χ3n) is 2.18. The lowest BCUT2D eigenvalue weighted by Gasteiger charge is -2.12. The van der Waals surface area contributed by atoms with Crippen LogP contribution in [0.15, 0.2) is 30.5 Å². The largest absolute Gasteiger partial charge is 0.490 e. The molecule has 0 aliphatic carbocycles. The van der Waals surface area contributed by atoms with Crippen LogP contribution in [0.4, 0.5) is 18.9 Å². The first-order chi connectivity index (χ1) is 7.89. The maximum atomic E-state index is 12.8. The summed E-state index contributed by atoms with van der Waals surface area (Å²) in [6.07, 6.45) is -3.29. The van der Waals surface area contributed by atoms with Gasteiger partial charge in [-0.1, -0.05) is 12.1 Å². The summed E-state index contributed by atoms with van der Waals surface area (Å²) in [6.45, 7) is 0. The summed E-state index contributed by atoms with van der Waals surface area (Å²) in [5.74, 6) is 0. The van der Waals surface area contributed by atoms with Crippen molar-refractivity contribution in [3.05, 3.63) is 34.3 Å². The number of nitrogens with zero attached hydrogens (tertiary/aromatic N) is 2. The van der Waals surface area contributed by atoms with E-state index in [0.717, 1.165) is 0 Å². The van der Waals surface area contributed by atoms with Crippen LogP contribution in [0.25, 0.3) is 11.3 Å². The van der Waals surface area contributed by atoms with Crippen LogP contribution in [0, 0.1) is 3.83 Å². The van der Waals surface area contributed by atoms with Crippen LogP contribution in [0.5, 0.6) is 0 Å². The second kappa shape index (κ2) is 4.21. The molecule has 90 valence electrons. The standard InChI is InChI=1S/C10H7F3IN3/c11-10(12,13)17-8(5-16-9(17)14)6-1-3-7(15)4-2-6/h1-5H,15H2. The number of nitrogens with two attached hydrogens (primary N) is 1. The van der Waals surface area contributed by atoms with Crippen molar-refractivity contribution in [2.24, 2.45) is 0 Å². The first-order valence-electron chi connectivity index (χ1n) is 4.56. The number of hydrogen-bond acceptors (Lipinski definition) is 2. The number of aromatic nitrogens is 2. The average Bonchev–Trinajstić information content (AvgIpc) is 2.61. The first kappa shape index (κ1) is 12.2. The Morgan fingerprint density at radius 2 is 1.76 bits per heavy atom. The Morgan fingerprint density at radius 3 is 2.29 bits per heavy atom. The van der Waals surface area contributed by atoms with Gasteiger partial charge in [-0.25, -0.2) is 9.55 Å². The molecular formula is C10H7F3IN3. The Morgan fingerprint density at radius 1 is 1.18 bits per heavy atom. The van der Waals surface area contributed by atoms with Crippen LogP contribution in [-0.2, 0) is 6.30 Å². The molecule has 7 heteroatoms. The molecule has 0 saturated heterocycles. The maximum absolute atomic E-state index is 12.8. The zero-order valence-corrected chi connectivity index (χ0v) is 10.5. The lowest BCUT2D eigenvalue weighted by molar-refractivity contribution is -0.204. The van der Waals surface area contributed by atoms with Gasteiger partial charge in [-0.3, -0.25) is 0 Å². The van der Waals surface area contributed by atoms with E-state index in [1.165, 1.54) is 18.3 Å². The monoisotopic (exact) mass is 353 g/mol. The first-order valence-corrected chi connectivity index (χ1v) is 5.64. The van der Waals surface area contributed by atoms with Gasteiger partial charge in [0.1, 0.15) is 0 Å². The maximum Gasteiger partial charge on any atom is 0.490 e. The highest BCUT2D eigenvalue weighted by molar-refractivity contribution is 14.1. The van der Waals surface area contributed by atoms with Gasteiger partial charge in [0.2, 0.25) is 0 Å². The lowest BCUT2D eigenvalue weighted by atomic mass is 10.1. The molecule has 1 aromatic heterocycles. The molecule has 17 heavy (non-hydrogen) atoms. The van der Waals surface area contributed by atoms with E-state index in [0.29, 0.717) is 11.3 Å². The van der Waals surface area contributed by atoms with Crippen molar-refractivity contribution in [3.63, 3.8) is 0 Å². The highest BCUT2D eigenvalue weighted by atomic mass is 127. The zero-order chi connectivity index (χ0) is 12.6. The average molecular weight is 353 g/mol. The van der Waals surface area contributed by atoms with E-state index in [9.17, 15) is 13.2 Å². The van der Waals surface area contributed by atoms with Gasteiger partial charge in [-0.15, -0.1) is 13.2 Å². The van der Waals surface area contributed by atoms with Gasteiger partial charge < -0.3 is 5.73 Å². The fourth-order valence-corrected chi connectivity index (χ4v) is 2.10. The molecule has 0 aliphatic heterocycles. The third-order valence-corrected chi connectivity index (χ3v) is 2.94. The summed E-state index contributed by atoms with van der Waals surface area (Å²) in [6, 6.07) is 6.17. The molecule has 0 unspecified atom stereocenters. The van der Waals surface area contributed by atoms with Crippen LogP contribution in [-0.4, -0.2) is 9.55 Å². The van der Waals surface area contributed by atoms with Crippen molar-refractivity contribution >= 4 is 28.3 Å². The highest BCUT2D eigenvalue weighted by Crippen LogP contribution is 2.32. The molecule has 0 radical (unpaired) electrons. The van der Waals surface area contributed by atoms with E-state index in [2.05, 4.69) is 4.98 Å². The number of rotatable bonds is 1. The van der Waals surface area contributed by atoms with Crippen LogP contribution >= 0.6 is 22.6 Å². The number of halogens is 4. The minimum absolute atomic E-state index is 0.00176. The van der Waals surface area contributed by atoms with Crippen molar-refractivity contribution in [3.8, 4) is 11.3 Å². The minimum Gasteiger partial charge on any atom is -0.399 e. The van der Waals surface area contributed by atoms with Crippen LogP contribution in [0.1, 0.15) is 0 Å². The Hall–Kier alpha value is -1.25. The number of benzene rings is 1. The van der Waals surface area contributed by atoms with Crippen molar-refractivity contribution in [1.29, 1.82) is 0 Å². The normalized spacial score (nSPS) is 11.8. The van der Waals surface area contributed by atoms with Gasteiger partial charge >= 0.3 is 6.30 Å². The lowest BCUT2D eigenvalue weighted by Crippen LogP contribution is -2.19. The van der Waals surface area contributed by atoms with Crippen molar-refractivity contribution in [2.75, 3.05) is 5.73 Å². The highest BCUT2D eigenvalue weighted by Gasteiger charge is 2.35. The summed E-state index contributed by atoms with van der Waals surface area (Å²) in [4.78, 5) is 3.68. The molecule has 2 N–H and O–H groups in total. The summed E-state index contributed by atoms with van der Waals surface area (Å²) in [7, 11) is 0. The van der Waals surface area contributed by atoms with E-state index in [1.54, 1.807) is 34.7 Å². The zero-order valence-electron chi connectivity index (χ0n) is 8.37. The van der Waals surface area contributed by atoms with Gasteiger partial charge in [0, 0.05) is 33.8 Å². The number of imidazole rings is 1. The molecule has 0 bridgehead atoms. The predicted molar refractivity (Wildman–Crippen MR) is 66.1 cm³/mol. The molecule has 3 nitrogen and oxygen atoms in total. The minimum atomic E-state index is -4.48. The Balaban J connectivity index is 2.57. The molecule has 0 amide bonds. The second-order valence-electron chi connectivity index (χ2n) is 3.34. The third kappa shape index (κ3) is 2.38. The summed E-state index contributed by atoms with van der Waals surface area (Å²) in [5, 5.41) is 0. The predicted octanol–water partition coefficient (Wildman–Crippen LogP) is 3.21. The molecule has 0 saturated carbocycles. The number of alkyl halides is 3. The van der Waals surface area contributed by atoms with Gasteiger partial charge in [-0.2, -0.15) is 0 Å². The second-order valence-corrected chi connectivity index (χ2v) is 4.30. The van der Waals surface area contributed by atoms with Crippen molar-refractivity contribution < 1.29 is 13.2 Å². The molecule has 1 heterocycles. The molecule has 2 aromatic rings. The molecule has 2 rings (SSSR count). The quantitative estimate of drug-likeness (QED) is 0.632. The van der Waals surface area contributed by atoms with E-state index < -0.39 is 6.30 Å². The summed E-state index contributed by atoms with van der Waals surface area (Å²) < 4.78 is 38.5. The number of hydrogen-bond donors (Lipinski definition) is 1. The van der Waals surface area contributed by atoms with Crippen LogP contribution in [0.3, 0.4) is 0 Å². The van der Waals surface area contributed by atoms with Gasteiger partial charge in [-0.05, 0) is 12.1 Å². The molecule has 0 atom stereocenters. The molecule has 0 fully saturated rings. The Labute approximate surface area is 109 Å². The number of nitrogen functional groups attached to an aromatic ring is 1. The SMILES string of the molecule is Nc1ccc(-c2cnc(I)n2C(F)(F)F)cc1. The molecule has 1 aromatic carbocycles. The fraction of sp³-hybridized carbons (Fsp3) is 0.100. The smallest absolute Gasteiger partial charge is 0.399 e. The van der Waals surface area contributed by atoms with E-state index in [1.807, 2.05) is 0 Å². The Bertz CT molecular complexity index is 531. The molecule has 0 spiro atoms. The molecule has 0 aliphatic rings. The van der Waals surface area contributed by atoms with Crippen LogP contribution < -0.4 is 5.73 Å². The van der Waals surface area contributed by atoms with E-state index in [4.69, 9.17) is 5.73 Å². The van der Waals surface area contributed by atoms with Gasteiger partial charge in [0.15, 0.2) is 3.83 Å². The van der Waals surface area contributed by atoms with Crippen molar-refractivity contribution in [2.45, 2.75) is 6.30 Å². The Kier molecular flexibility index (Phi) is 3.02. The summed E-state index contributed by atoms with van der Waals surface area (Å²) in [5.41, 5.74) is 6.41. The van der Waals surface area contributed by atoms with E-state index >= 15 is 0 Å². The fourth-order valence-electron chi connectivity index (χ4n) is 1.43. The topological polar surface area (TPSA) is 43.8 Å². The summed E-state index contributed by atoms with van der Waals surface area (Å²) >= 11 is 1.55. The molecular weight excluding hydrogens is 346 g/mol. The van der Waals surface area contributed by atoms with Crippen molar-refractivity contribution in [1.82, 2.24) is 9.55 Å². The van der Waals surface area contributed by atoms with Crippen LogP contribution in [0.2, 0.25) is 0 Å². The van der Waals surface area contributed by atoms with E-state index in [-0.39, 0.29) is 14.1 Å². The number of anilines is 1. The van der Waals surface area contributed by atoms with Gasteiger partial charge in [0.25, 0.3) is 0 Å². The van der Waals surface area contributed by atoms with Gasteiger partial charge in [0.05, 0.1) is 11.9 Å².